The molecule has 0 amide bonds. The Hall–Kier alpha value is -3.52. The molecule has 2 heterocycles. The van der Waals surface area contributed by atoms with Crippen LogP contribution in [-0.4, -0.2) is 9.97 Å². The number of aryl methyl sites for hydroxylation is 3. The maximum absolute atomic E-state index is 5.02. The van der Waals surface area contributed by atoms with Gasteiger partial charge in [0, 0.05) is 16.6 Å². The van der Waals surface area contributed by atoms with Crippen LogP contribution in [0.5, 0.6) is 0 Å². The van der Waals surface area contributed by atoms with Gasteiger partial charge in [0.05, 0.1) is 5.69 Å². The van der Waals surface area contributed by atoms with Gasteiger partial charge in [0.1, 0.15) is 0 Å². The number of pyridine rings is 2. The fourth-order valence-corrected chi connectivity index (χ4v) is 4.84. The first-order valence-corrected chi connectivity index (χ1v) is 10.0. The van der Waals surface area contributed by atoms with E-state index in [4.69, 9.17) is 9.97 Å². The number of nitrogens with zero attached hydrogens (tertiary/aromatic N) is 2. The van der Waals surface area contributed by atoms with Crippen molar-refractivity contribution in [3.8, 4) is 11.3 Å². The summed E-state index contributed by atoms with van der Waals surface area (Å²) in [6.07, 6.45) is 0. The molecule has 0 atom stereocenters. The lowest BCUT2D eigenvalue weighted by Gasteiger charge is -2.15. The molecule has 0 spiro atoms. The Morgan fingerprint density at radius 1 is 0.586 bits per heavy atom. The Labute approximate surface area is 169 Å². The van der Waals surface area contributed by atoms with E-state index in [0.29, 0.717) is 0 Å². The number of hydrogen-bond acceptors (Lipinski definition) is 2. The largest absolute Gasteiger partial charge is 0.233 e. The minimum atomic E-state index is 0.832. The van der Waals surface area contributed by atoms with Crippen LogP contribution in [-0.2, 0) is 0 Å². The smallest absolute Gasteiger partial charge is 0.161 e. The lowest BCUT2D eigenvalue weighted by atomic mass is 9.91. The number of aromatic nitrogens is 2. The minimum Gasteiger partial charge on any atom is -0.233 e. The lowest BCUT2D eigenvalue weighted by Crippen LogP contribution is -1.95. The van der Waals surface area contributed by atoms with E-state index in [0.717, 1.165) is 28.0 Å². The van der Waals surface area contributed by atoms with Crippen LogP contribution >= 0.6 is 0 Å². The first kappa shape index (κ1) is 16.4. The van der Waals surface area contributed by atoms with Crippen LogP contribution < -0.4 is 0 Å². The molecular weight excluding hydrogens is 352 g/mol. The molecule has 0 unspecified atom stereocenters. The van der Waals surface area contributed by atoms with Crippen LogP contribution in [0.15, 0.2) is 66.7 Å². The molecule has 2 nitrogen and oxygen atoms in total. The summed E-state index contributed by atoms with van der Waals surface area (Å²) in [4.78, 5) is 9.85. The second-order valence-corrected chi connectivity index (χ2v) is 8.15. The minimum absolute atomic E-state index is 0.832. The molecule has 6 rings (SSSR count). The standard InChI is InChI=1S/C27H20N2/c1-15-10-16(2)12-19(11-15)24-14-23-21-9-5-7-18-6-4-8-20(25(18)21)22-13-17(3)28-27(29-24)26(22)23/h4-14H,1-3H3. The molecule has 0 aliphatic heterocycles. The van der Waals surface area contributed by atoms with E-state index in [2.05, 4.69) is 87.5 Å². The molecule has 138 valence electrons. The monoisotopic (exact) mass is 372 g/mol. The number of hydrogen-bond donors (Lipinski definition) is 0. The molecule has 0 radical (unpaired) electrons. The molecular formula is C27H20N2. The average molecular weight is 372 g/mol. The number of benzene rings is 4. The molecule has 0 saturated heterocycles. The highest BCUT2D eigenvalue weighted by atomic mass is 14.9. The summed E-state index contributed by atoms with van der Waals surface area (Å²) < 4.78 is 0. The van der Waals surface area contributed by atoms with Crippen molar-refractivity contribution in [2.45, 2.75) is 20.8 Å². The van der Waals surface area contributed by atoms with Gasteiger partial charge in [-0.05, 0) is 77.4 Å². The van der Waals surface area contributed by atoms with Gasteiger partial charge in [0.2, 0.25) is 0 Å². The van der Waals surface area contributed by atoms with E-state index in [9.17, 15) is 0 Å². The Balaban J connectivity index is 1.87. The van der Waals surface area contributed by atoms with Crippen LogP contribution in [0.2, 0.25) is 0 Å². The zero-order chi connectivity index (χ0) is 19.7. The van der Waals surface area contributed by atoms with Gasteiger partial charge in [0.15, 0.2) is 5.65 Å². The molecule has 0 aliphatic rings. The Kier molecular flexibility index (Phi) is 3.25. The number of fused-ring (bicyclic) bond motifs is 2. The SMILES string of the molecule is Cc1cc(C)cc(-c2cc3c4cccc5cccc(c6cc(C)nc(n2)c63)c54)c1. The molecule has 6 aromatic rings. The van der Waals surface area contributed by atoms with Crippen molar-refractivity contribution in [2.24, 2.45) is 0 Å². The van der Waals surface area contributed by atoms with Gasteiger partial charge < -0.3 is 0 Å². The highest BCUT2D eigenvalue weighted by Gasteiger charge is 2.16. The van der Waals surface area contributed by atoms with Gasteiger partial charge in [-0.15, -0.1) is 0 Å². The predicted octanol–water partition coefficient (Wildman–Crippen LogP) is 7.12. The summed E-state index contributed by atoms with van der Waals surface area (Å²) in [5.41, 5.74) is 6.47. The van der Waals surface area contributed by atoms with E-state index >= 15 is 0 Å². The summed E-state index contributed by atoms with van der Waals surface area (Å²) >= 11 is 0. The third-order valence-corrected chi connectivity index (χ3v) is 5.91. The first-order valence-electron chi connectivity index (χ1n) is 10.0. The summed E-state index contributed by atoms with van der Waals surface area (Å²) in [5.74, 6) is 0. The van der Waals surface area contributed by atoms with Crippen LogP contribution in [0.3, 0.4) is 0 Å². The van der Waals surface area contributed by atoms with Gasteiger partial charge >= 0.3 is 0 Å². The third-order valence-electron chi connectivity index (χ3n) is 5.91. The van der Waals surface area contributed by atoms with E-state index in [-0.39, 0.29) is 0 Å². The topological polar surface area (TPSA) is 25.8 Å². The van der Waals surface area contributed by atoms with Gasteiger partial charge in [-0.3, -0.25) is 0 Å². The van der Waals surface area contributed by atoms with Crippen molar-refractivity contribution >= 4 is 43.4 Å². The Bertz CT molecular complexity index is 1550. The number of rotatable bonds is 1. The van der Waals surface area contributed by atoms with Crippen LogP contribution in [0.4, 0.5) is 0 Å². The molecule has 0 saturated carbocycles. The summed E-state index contributed by atoms with van der Waals surface area (Å²) in [6, 6.07) is 24.2. The van der Waals surface area contributed by atoms with Crippen molar-refractivity contribution in [3.05, 3.63) is 83.6 Å². The fraction of sp³-hybridized carbons (Fsp3) is 0.111. The van der Waals surface area contributed by atoms with Crippen molar-refractivity contribution in [1.82, 2.24) is 9.97 Å². The summed E-state index contributed by atoms with van der Waals surface area (Å²) in [7, 11) is 0. The molecule has 29 heavy (non-hydrogen) atoms. The van der Waals surface area contributed by atoms with Gasteiger partial charge in [-0.25, -0.2) is 9.97 Å². The zero-order valence-corrected chi connectivity index (χ0v) is 16.7. The van der Waals surface area contributed by atoms with Crippen LogP contribution in [0.1, 0.15) is 16.8 Å². The van der Waals surface area contributed by atoms with Crippen molar-refractivity contribution < 1.29 is 0 Å². The summed E-state index contributed by atoms with van der Waals surface area (Å²) in [5, 5.41) is 8.79. The Morgan fingerprint density at radius 2 is 1.24 bits per heavy atom. The lowest BCUT2D eigenvalue weighted by molar-refractivity contribution is 1.21. The molecule has 2 aromatic heterocycles. The van der Waals surface area contributed by atoms with Gasteiger partial charge in [0.25, 0.3) is 0 Å². The van der Waals surface area contributed by atoms with Gasteiger partial charge in [-0.2, -0.15) is 0 Å². The quantitative estimate of drug-likeness (QED) is 0.227. The second kappa shape index (κ2) is 5.74. The second-order valence-electron chi connectivity index (χ2n) is 8.15. The fourth-order valence-electron chi connectivity index (χ4n) is 4.84. The van der Waals surface area contributed by atoms with E-state index in [1.807, 2.05) is 0 Å². The molecule has 0 aliphatic carbocycles. The Morgan fingerprint density at radius 3 is 1.93 bits per heavy atom. The molecule has 0 fully saturated rings. The van der Waals surface area contributed by atoms with Gasteiger partial charge in [-0.1, -0.05) is 53.6 Å². The highest BCUT2D eigenvalue weighted by Crippen LogP contribution is 2.40. The third kappa shape index (κ3) is 2.35. The van der Waals surface area contributed by atoms with E-state index in [1.54, 1.807) is 0 Å². The zero-order valence-electron chi connectivity index (χ0n) is 16.7. The van der Waals surface area contributed by atoms with Crippen molar-refractivity contribution in [2.75, 3.05) is 0 Å². The van der Waals surface area contributed by atoms with Crippen molar-refractivity contribution in [3.63, 3.8) is 0 Å². The molecule has 0 bridgehead atoms. The normalized spacial score (nSPS) is 12.0. The van der Waals surface area contributed by atoms with E-state index < -0.39 is 0 Å². The first-order chi connectivity index (χ1) is 14.1. The predicted molar refractivity (Wildman–Crippen MR) is 123 cm³/mol. The van der Waals surface area contributed by atoms with Crippen LogP contribution in [0, 0.1) is 20.8 Å². The maximum Gasteiger partial charge on any atom is 0.161 e. The van der Waals surface area contributed by atoms with E-state index in [1.165, 1.54) is 43.4 Å². The molecule has 0 N–H and O–H groups in total. The highest BCUT2D eigenvalue weighted by molar-refractivity contribution is 6.32. The van der Waals surface area contributed by atoms with Crippen LogP contribution in [0.25, 0.3) is 54.6 Å². The average Bonchev–Trinajstić information content (AvgIpc) is 2.70. The maximum atomic E-state index is 5.02. The van der Waals surface area contributed by atoms with Crippen molar-refractivity contribution in [1.29, 1.82) is 0 Å². The molecule has 2 heteroatoms. The summed E-state index contributed by atoms with van der Waals surface area (Å²) in [6.45, 7) is 6.33. The molecule has 4 aromatic carbocycles.